The number of nitrogens with one attached hydrogen (secondary N) is 1. The molecule has 1 heterocycles. The Morgan fingerprint density at radius 1 is 1.03 bits per heavy atom. The van der Waals surface area contributed by atoms with Crippen LogP contribution in [0.4, 0.5) is 4.79 Å². The Morgan fingerprint density at radius 2 is 1.69 bits per heavy atom. The number of hydrogen-bond donors (Lipinski definition) is 3. The zero-order valence-corrected chi connectivity index (χ0v) is 17.3. The molecule has 3 aromatic rings. The van der Waals surface area contributed by atoms with Crippen LogP contribution in [0, 0.1) is 0 Å². The SMILES string of the molecule is O=Cc1cccnc1C(O)C(O)CCNC(=O)OCC1c2ccccc2-c2ccccc21. The highest BCUT2D eigenvalue weighted by Gasteiger charge is 2.29. The first kappa shape index (κ1) is 21.7. The molecule has 164 valence electrons. The Balaban J connectivity index is 1.29. The van der Waals surface area contributed by atoms with Crippen LogP contribution in [0.3, 0.4) is 0 Å². The molecule has 0 saturated heterocycles. The van der Waals surface area contributed by atoms with E-state index >= 15 is 0 Å². The molecular weight excluding hydrogens is 408 g/mol. The van der Waals surface area contributed by atoms with Crippen LogP contribution in [0.25, 0.3) is 11.1 Å². The van der Waals surface area contributed by atoms with E-state index in [1.165, 1.54) is 12.3 Å². The first-order valence-corrected chi connectivity index (χ1v) is 10.4. The van der Waals surface area contributed by atoms with E-state index in [1.54, 1.807) is 6.07 Å². The van der Waals surface area contributed by atoms with Crippen molar-refractivity contribution in [3.8, 4) is 11.1 Å². The molecule has 32 heavy (non-hydrogen) atoms. The molecule has 0 saturated carbocycles. The lowest BCUT2D eigenvalue weighted by Crippen LogP contribution is -2.31. The molecule has 7 nitrogen and oxygen atoms in total. The predicted octanol–water partition coefficient (Wildman–Crippen LogP) is 3.22. The van der Waals surface area contributed by atoms with E-state index in [-0.39, 0.29) is 36.7 Å². The van der Waals surface area contributed by atoms with Gasteiger partial charge >= 0.3 is 6.09 Å². The molecule has 0 spiro atoms. The van der Waals surface area contributed by atoms with Crippen molar-refractivity contribution in [1.29, 1.82) is 0 Å². The molecule has 1 aliphatic carbocycles. The number of amides is 1. The number of aliphatic hydroxyl groups is 2. The number of pyridine rings is 1. The summed E-state index contributed by atoms with van der Waals surface area (Å²) in [5.41, 5.74) is 4.87. The maximum absolute atomic E-state index is 12.2. The van der Waals surface area contributed by atoms with E-state index in [4.69, 9.17) is 4.74 Å². The number of rotatable bonds is 8. The lowest BCUT2D eigenvalue weighted by atomic mass is 9.98. The average molecular weight is 432 g/mol. The van der Waals surface area contributed by atoms with Crippen LogP contribution < -0.4 is 5.32 Å². The highest BCUT2D eigenvalue weighted by atomic mass is 16.5. The number of fused-ring (bicyclic) bond motifs is 3. The van der Waals surface area contributed by atoms with Crippen molar-refractivity contribution in [3.05, 3.63) is 89.2 Å². The number of aromatic nitrogens is 1. The number of ether oxygens (including phenoxy) is 1. The summed E-state index contributed by atoms with van der Waals surface area (Å²) in [5.74, 6) is -0.0357. The number of benzene rings is 2. The minimum absolute atomic E-state index is 0.0357. The molecule has 1 aromatic heterocycles. The fourth-order valence-corrected chi connectivity index (χ4v) is 4.09. The predicted molar refractivity (Wildman–Crippen MR) is 118 cm³/mol. The Labute approximate surface area is 185 Å². The van der Waals surface area contributed by atoms with Crippen molar-refractivity contribution in [2.75, 3.05) is 13.2 Å². The molecule has 3 N–H and O–H groups in total. The second-order valence-corrected chi connectivity index (χ2v) is 7.65. The Bertz CT molecular complexity index is 1070. The smallest absolute Gasteiger partial charge is 0.407 e. The Hall–Kier alpha value is -3.55. The normalized spacial score (nSPS) is 14.2. The van der Waals surface area contributed by atoms with Gasteiger partial charge in [0.05, 0.1) is 11.8 Å². The zero-order valence-electron chi connectivity index (χ0n) is 17.3. The Morgan fingerprint density at radius 3 is 2.34 bits per heavy atom. The van der Waals surface area contributed by atoms with Gasteiger partial charge in [0.15, 0.2) is 6.29 Å². The summed E-state index contributed by atoms with van der Waals surface area (Å²) >= 11 is 0. The monoisotopic (exact) mass is 432 g/mol. The van der Waals surface area contributed by atoms with Gasteiger partial charge in [0, 0.05) is 24.2 Å². The third kappa shape index (κ3) is 4.39. The number of aliphatic hydroxyl groups excluding tert-OH is 2. The molecule has 0 fully saturated rings. The van der Waals surface area contributed by atoms with E-state index in [0.717, 1.165) is 22.3 Å². The minimum atomic E-state index is -1.33. The van der Waals surface area contributed by atoms with Crippen LogP contribution in [0.5, 0.6) is 0 Å². The van der Waals surface area contributed by atoms with E-state index in [2.05, 4.69) is 22.4 Å². The van der Waals surface area contributed by atoms with Crippen molar-refractivity contribution in [1.82, 2.24) is 10.3 Å². The highest BCUT2D eigenvalue weighted by molar-refractivity contribution is 5.79. The lowest BCUT2D eigenvalue weighted by Gasteiger charge is -2.19. The molecule has 2 atom stereocenters. The van der Waals surface area contributed by atoms with Gasteiger partial charge in [0.1, 0.15) is 12.7 Å². The zero-order chi connectivity index (χ0) is 22.5. The number of carbonyl (C=O) groups is 2. The van der Waals surface area contributed by atoms with Gasteiger partial charge < -0.3 is 20.3 Å². The van der Waals surface area contributed by atoms with E-state index < -0.39 is 18.3 Å². The molecule has 4 rings (SSSR count). The van der Waals surface area contributed by atoms with Gasteiger partial charge in [-0.25, -0.2) is 4.79 Å². The second-order valence-electron chi connectivity index (χ2n) is 7.65. The molecule has 2 unspecified atom stereocenters. The molecule has 0 bridgehead atoms. The van der Waals surface area contributed by atoms with Gasteiger partial charge in [0.25, 0.3) is 0 Å². The van der Waals surface area contributed by atoms with Gasteiger partial charge in [-0.2, -0.15) is 0 Å². The van der Waals surface area contributed by atoms with Crippen molar-refractivity contribution in [3.63, 3.8) is 0 Å². The first-order valence-electron chi connectivity index (χ1n) is 10.4. The number of aldehydes is 1. The quantitative estimate of drug-likeness (QED) is 0.472. The van der Waals surface area contributed by atoms with E-state index in [9.17, 15) is 19.8 Å². The lowest BCUT2D eigenvalue weighted by molar-refractivity contribution is 0.0108. The molecule has 0 aliphatic heterocycles. The fraction of sp³-hybridized carbons (Fsp3) is 0.240. The number of hydrogen-bond acceptors (Lipinski definition) is 6. The highest BCUT2D eigenvalue weighted by Crippen LogP contribution is 2.44. The molecule has 2 aromatic carbocycles. The van der Waals surface area contributed by atoms with Crippen LogP contribution in [0.1, 0.15) is 45.6 Å². The van der Waals surface area contributed by atoms with Crippen LogP contribution in [0.15, 0.2) is 66.9 Å². The number of carbonyl (C=O) groups excluding carboxylic acids is 2. The third-order valence-electron chi connectivity index (χ3n) is 5.70. The van der Waals surface area contributed by atoms with Gasteiger partial charge in [-0.05, 0) is 40.8 Å². The molecular formula is C25H24N2O5. The van der Waals surface area contributed by atoms with Crippen LogP contribution in [-0.2, 0) is 4.74 Å². The van der Waals surface area contributed by atoms with Crippen molar-refractivity contribution in [2.45, 2.75) is 24.5 Å². The number of alkyl carbamates (subject to hydrolysis) is 1. The van der Waals surface area contributed by atoms with Gasteiger partial charge in [0.2, 0.25) is 0 Å². The minimum Gasteiger partial charge on any atom is -0.449 e. The summed E-state index contributed by atoms with van der Waals surface area (Å²) in [6.45, 7) is 0.291. The van der Waals surface area contributed by atoms with Crippen molar-refractivity contribution >= 4 is 12.4 Å². The topological polar surface area (TPSA) is 109 Å². The van der Waals surface area contributed by atoms with Gasteiger partial charge in [-0.3, -0.25) is 9.78 Å². The number of nitrogens with zero attached hydrogens (tertiary/aromatic N) is 1. The summed E-state index contributed by atoms with van der Waals surface area (Å²) in [4.78, 5) is 27.3. The molecule has 7 heteroatoms. The molecule has 0 radical (unpaired) electrons. The third-order valence-corrected chi connectivity index (χ3v) is 5.70. The summed E-state index contributed by atoms with van der Waals surface area (Å²) in [6.07, 6.45) is -1.04. The Kier molecular flexibility index (Phi) is 6.58. The average Bonchev–Trinajstić information content (AvgIpc) is 3.16. The summed E-state index contributed by atoms with van der Waals surface area (Å²) in [6, 6.07) is 19.3. The maximum atomic E-state index is 12.2. The molecule has 1 amide bonds. The summed E-state index contributed by atoms with van der Waals surface area (Å²) in [7, 11) is 0. The standard InChI is InChI=1S/C25H24N2O5/c28-14-16-6-5-12-26-23(16)24(30)22(29)11-13-27-25(31)32-15-21-19-9-3-1-7-17(19)18-8-2-4-10-20(18)21/h1-10,12,14,21-22,24,29-30H,11,13,15H2,(H,27,31). The summed E-state index contributed by atoms with van der Waals surface area (Å²) in [5, 5.41) is 23.1. The largest absolute Gasteiger partial charge is 0.449 e. The van der Waals surface area contributed by atoms with E-state index in [0.29, 0.717) is 6.29 Å². The molecule has 1 aliphatic rings. The maximum Gasteiger partial charge on any atom is 0.407 e. The first-order chi connectivity index (χ1) is 15.6. The fourth-order valence-electron chi connectivity index (χ4n) is 4.09. The van der Waals surface area contributed by atoms with Crippen molar-refractivity contribution in [2.24, 2.45) is 0 Å². The van der Waals surface area contributed by atoms with Crippen molar-refractivity contribution < 1.29 is 24.5 Å². The summed E-state index contributed by atoms with van der Waals surface area (Å²) < 4.78 is 5.45. The van der Waals surface area contributed by atoms with E-state index in [1.807, 2.05) is 36.4 Å². The second kappa shape index (κ2) is 9.72. The van der Waals surface area contributed by atoms with Gasteiger partial charge in [-0.1, -0.05) is 48.5 Å². The van der Waals surface area contributed by atoms with Crippen LogP contribution in [0.2, 0.25) is 0 Å². The van der Waals surface area contributed by atoms with Crippen LogP contribution >= 0.6 is 0 Å². The van der Waals surface area contributed by atoms with Gasteiger partial charge in [-0.15, -0.1) is 0 Å². The van der Waals surface area contributed by atoms with Crippen LogP contribution in [-0.4, -0.2) is 46.8 Å².